The predicted octanol–water partition coefficient (Wildman–Crippen LogP) is 4.75. The maximum Gasteiger partial charge on any atom is 0.426 e. The molecule has 0 spiro atoms. The Hall–Kier alpha value is -4.67. The van der Waals surface area contributed by atoms with Crippen LogP contribution in [0.1, 0.15) is 42.9 Å². The van der Waals surface area contributed by atoms with E-state index in [9.17, 15) is 19.2 Å². The van der Waals surface area contributed by atoms with Gasteiger partial charge in [0.05, 0.1) is 6.42 Å². The Morgan fingerprint density at radius 1 is 1.04 bits per heavy atom. The molecule has 1 unspecified atom stereocenters. The van der Waals surface area contributed by atoms with Gasteiger partial charge in [0.2, 0.25) is 11.1 Å². The van der Waals surface area contributed by atoms with Gasteiger partial charge in [0.25, 0.3) is 5.91 Å². The number of amides is 3. The zero-order chi connectivity index (χ0) is 35.4. The molecule has 0 bridgehead atoms. The first-order valence-electron chi connectivity index (χ1n) is 15.7. The van der Waals surface area contributed by atoms with Gasteiger partial charge in [0.15, 0.2) is 12.1 Å². The largest absolute Gasteiger partial charge is 0.448 e. The molecule has 0 radical (unpaired) electrons. The van der Waals surface area contributed by atoms with Crippen LogP contribution in [0.15, 0.2) is 94.6 Å². The second kappa shape index (κ2) is 15.1. The first-order valence-corrected chi connectivity index (χ1v) is 18.6. The highest BCUT2D eigenvalue weighted by molar-refractivity contribution is 8.01. The monoisotopic (exact) mass is 733 g/mol. The van der Waals surface area contributed by atoms with Crippen LogP contribution in [0.3, 0.4) is 0 Å². The number of carbonyl (C=O) groups excluding carboxylic acids is 4. The van der Waals surface area contributed by atoms with E-state index in [-0.39, 0.29) is 12.1 Å². The zero-order valence-electron chi connectivity index (χ0n) is 27.7. The summed E-state index contributed by atoms with van der Waals surface area (Å²) >= 11 is 4.10. The molecule has 2 aliphatic heterocycles. The first-order chi connectivity index (χ1) is 24.0. The van der Waals surface area contributed by atoms with Crippen molar-refractivity contribution in [2.75, 3.05) is 11.5 Å². The SMILES string of the molecule is Cn1nnnc1SCC1=C(C(=O)OC(c2ccccc2)c2ccccc2)N2C(=O)C(N(NC(=O)OC(C)(C)C)C(=O)Cc3cccs3)[C@@H]2SC1. The number of ether oxygens (including phenoxy) is 2. The fourth-order valence-electron chi connectivity index (χ4n) is 5.44. The third-order valence-electron chi connectivity index (χ3n) is 7.66. The van der Waals surface area contributed by atoms with Crippen molar-refractivity contribution in [1.82, 2.24) is 35.5 Å². The summed E-state index contributed by atoms with van der Waals surface area (Å²) in [4.78, 5) is 57.4. The third-order valence-corrected chi connectivity index (χ3v) is 11.0. The van der Waals surface area contributed by atoms with Crippen molar-refractivity contribution in [2.45, 2.75) is 55.5 Å². The van der Waals surface area contributed by atoms with Crippen molar-refractivity contribution >= 4 is 58.7 Å². The van der Waals surface area contributed by atoms with Gasteiger partial charge in [0.1, 0.15) is 16.7 Å². The summed E-state index contributed by atoms with van der Waals surface area (Å²) in [6.45, 7) is 5.11. The fraction of sp³-hybridized carbons (Fsp3) is 0.324. The Balaban J connectivity index is 1.33. The molecule has 2 aromatic heterocycles. The number of carbonyl (C=O) groups is 4. The number of aromatic nitrogens is 4. The predicted molar refractivity (Wildman–Crippen MR) is 188 cm³/mol. The number of fused-ring (bicyclic) bond motifs is 1. The Bertz CT molecular complexity index is 1840. The van der Waals surface area contributed by atoms with Crippen LogP contribution in [0, 0.1) is 0 Å². The highest BCUT2D eigenvalue weighted by atomic mass is 32.2. The van der Waals surface area contributed by atoms with Gasteiger partial charge in [-0.25, -0.2) is 24.7 Å². The summed E-state index contributed by atoms with van der Waals surface area (Å²) in [6, 6.07) is 21.3. The van der Waals surface area contributed by atoms with E-state index in [2.05, 4.69) is 21.0 Å². The lowest BCUT2D eigenvalue weighted by molar-refractivity contribution is -0.164. The molecule has 2 aromatic carbocycles. The molecular formula is C34H35N7O6S3. The van der Waals surface area contributed by atoms with E-state index in [1.54, 1.807) is 27.8 Å². The molecule has 2 aliphatic rings. The van der Waals surface area contributed by atoms with Crippen molar-refractivity contribution in [3.05, 3.63) is 105 Å². The average molecular weight is 734 g/mol. The molecule has 0 saturated carbocycles. The average Bonchev–Trinajstić information content (AvgIpc) is 3.76. The lowest BCUT2D eigenvalue weighted by Crippen LogP contribution is -2.74. The van der Waals surface area contributed by atoms with Crippen molar-refractivity contribution < 1.29 is 28.7 Å². The van der Waals surface area contributed by atoms with E-state index in [4.69, 9.17) is 9.47 Å². The van der Waals surface area contributed by atoms with Crippen LogP contribution in [0.4, 0.5) is 4.79 Å². The highest BCUT2D eigenvalue weighted by Gasteiger charge is 2.58. The summed E-state index contributed by atoms with van der Waals surface area (Å²) in [5, 5.41) is 14.4. The maximum atomic E-state index is 14.4. The minimum atomic E-state index is -1.10. The van der Waals surface area contributed by atoms with Crippen LogP contribution in [-0.4, -0.2) is 82.5 Å². The molecule has 2 atom stereocenters. The van der Waals surface area contributed by atoms with Crippen molar-refractivity contribution in [3.63, 3.8) is 0 Å². The molecule has 260 valence electrons. The van der Waals surface area contributed by atoms with Gasteiger partial charge in [-0.15, -0.1) is 28.2 Å². The summed E-state index contributed by atoms with van der Waals surface area (Å²) in [5.74, 6) is -1.08. The summed E-state index contributed by atoms with van der Waals surface area (Å²) in [5.41, 5.74) is 3.95. The standard InChI is InChI=1S/C34H35N7O6S3/c1-34(2,3)47-33(45)36-41(25(42)18-24-16-11-17-48-24)27-29(43)40-26(23(19-49-30(27)40)20-50-32-35-37-38-39(32)4)31(44)46-28(21-12-7-5-8-13-21)22-14-9-6-10-15-22/h5-17,27-28,30H,18-20H2,1-4H3,(H,36,45)/t27?,30-/m0/s1. The molecule has 0 aliphatic carbocycles. The number of hydrazine groups is 1. The number of thiophene rings is 1. The van der Waals surface area contributed by atoms with E-state index >= 15 is 0 Å². The summed E-state index contributed by atoms with van der Waals surface area (Å²) < 4.78 is 13.2. The van der Waals surface area contributed by atoms with Gasteiger partial charge in [0, 0.05) is 23.4 Å². The van der Waals surface area contributed by atoms with Gasteiger partial charge < -0.3 is 9.47 Å². The minimum absolute atomic E-state index is 0.0389. The molecule has 4 heterocycles. The van der Waals surface area contributed by atoms with Crippen LogP contribution < -0.4 is 5.43 Å². The number of nitrogens with one attached hydrogen (secondary N) is 1. The summed E-state index contributed by atoms with van der Waals surface area (Å²) in [7, 11) is 1.71. The molecule has 1 saturated heterocycles. The van der Waals surface area contributed by atoms with E-state index in [0.29, 0.717) is 22.2 Å². The van der Waals surface area contributed by atoms with Gasteiger partial charge in [-0.2, -0.15) is 0 Å². The molecule has 1 N–H and O–H groups in total. The quantitative estimate of drug-likeness (QED) is 0.104. The van der Waals surface area contributed by atoms with E-state index in [1.807, 2.05) is 78.2 Å². The number of rotatable bonds is 10. The molecule has 50 heavy (non-hydrogen) atoms. The number of benzene rings is 2. The minimum Gasteiger partial charge on any atom is -0.448 e. The molecule has 16 heteroatoms. The Labute approximate surface area is 301 Å². The van der Waals surface area contributed by atoms with Gasteiger partial charge in [-0.05, 0) is 59.3 Å². The number of nitrogens with zero attached hydrogens (tertiary/aromatic N) is 6. The molecule has 13 nitrogen and oxygen atoms in total. The molecular weight excluding hydrogens is 699 g/mol. The van der Waals surface area contributed by atoms with E-state index in [1.165, 1.54) is 44.4 Å². The number of thioether (sulfide) groups is 2. The Morgan fingerprint density at radius 2 is 1.72 bits per heavy atom. The number of esters is 1. The van der Waals surface area contributed by atoms with Crippen LogP contribution in [0.5, 0.6) is 0 Å². The van der Waals surface area contributed by atoms with Crippen LogP contribution in [0.25, 0.3) is 0 Å². The van der Waals surface area contributed by atoms with Gasteiger partial charge in [-0.3, -0.25) is 14.5 Å². The lowest BCUT2D eigenvalue weighted by atomic mass is 10.0. The smallest absolute Gasteiger partial charge is 0.426 e. The van der Waals surface area contributed by atoms with Gasteiger partial charge >= 0.3 is 12.1 Å². The number of β-lactam (4-membered cyclic amide) rings is 1. The molecule has 6 rings (SSSR count). The number of tetrazole rings is 1. The number of hydrogen-bond acceptors (Lipinski definition) is 12. The van der Waals surface area contributed by atoms with E-state index in [0.717, 1.165) is 21.0 Å². The first kappa shape index (κ1) is 35.2. The second-order valence-corrected chi connectivity index (χ2v) is 15.5. The molecule has 1 fully saturated rings. The van der Waals surface area contributed by atoms with Crippen LogP contribution >= 0.6 is 34.9 Å². The molecule has 4 aromatic rings. The maximum absolute atomic E-state index is 14.4. The Kier molecular flexibility index (Phi) is 10.6. The second-order valence-electron chi connectivity index (χ2n) is 12.4. The van der Waals surface area contributed by atoms with Crippen molar-refractivity contribution in [3.8, 4) is 0 Å². The van der Waals surface area contributed by atoms with Crippen molar-refractivity contribution in [2.24, 2.45) is 7.05 Å². The third kappa shape index (κ3) is 7.87. The normalized spacial score (nSPS) is 17.2. The van der Waals surface area contributed by atoms with Crippen molar-refractivity contribution in [1.29, 1.82) is 0 Å². The molecule has 3 amide bonds. The zero-order valence-corrected chi connectivity index (χ0v) is 30.2. The van der Waals surface area contributed by atoms with Crippen LogP contribution in [0.2, 0.25) is 0 Å². The number of hydrogen-bond donors (Lipinski definition) is 1. The van der Waals surface area contributed by atoms with Crippen LogP contribution in [-0.2, 0) is 37.3 Å². The highest BCUT2D eigenvalue weighted by Crippen LogP contribution is 2.44. The van der Waals surface area contributed by atoms with Gasteiger partial charge in [-0.1, -0.05) is 78.5 Å². The number of aryl methyl sites for hydroxylation is 1. The van der Waals surface area contributed by atoms with E-state index < -0.39 is 47.0 Å². The Morgan fingerprint density at radius 3 is 2.30 bits per heavy atom. The summed E-state index contributed by atoms with van der Waals surface area (Å²) in [6.07, 6.45) is -1.67. The lowest BCUT2D eigenvalue weighted by Gasteiger charge is -2.52. The topological polar surface area (TPSA) is 149 Å². The fourth-order valence-corrected chi connectivity index (χ4v) is 8.52.